The van der Waals surface area contributed by atoms with Crippen molar-refractivity contribution >= 4 is 6.47 Å². The SMILES string of the molecule is CCOCCCOCCCCCOc1ccc2c(c1)C(NC)CCO2.COC=O. The number of carbonyl (C=O) groups is 1. The fraction of sp³-hybridized carbons (Fsp3) is 0.682. The molecule has 0 amide bonds. The van der Waals surface area contributed by atoms with Crippen LogP contribution in [0.5, 0.6) is 11.5 Å². The summed E-state index contributed by atoms with van der Waals surface area (Å²) in [5, 5.41) is 3.34. The van der Waals surface area contributed by atoms with Crippen molar-refractivity contribution in [2.75, 3.05) is 53.8 Å². The summed E-state index contributed by atoms with van der Waals surface area (Å²) in [6.45, 7) is 7.10. The molecule has 1 N–H and O–H groups in total. The van der Waals surface area contributed by atoms with E-state index in [9.17, 15) is 0 Å². The second kappa shape index (κ2) is 17.1. The van der Waals surface area contributed by atoms with E-state index >= 15 is 0 Å². The average Bonchev–Trinajstić information content (AvgIpc) is 2.77. The van der Waals surface area contributed by atoms with E-state index in [2.05, 4.69) is 16.1 Å². The molecule has 1 atom stereocenters. The maximum Gasteiger partial charge on any atom is 0.292 e. The molecular formula is C22H37NO6. The lowest BCUT2D eigenvalue weighted by atomic mass is 10.0. The van der Waals surface area contributed by atoms with E-state index in [-0.39, 0.29) is 0 Å². The Bertz CT molecular complexity index is 540. The number of ether oxygens (including phenoxy) is 5. The molecule has 1 aliphatic rings. The lowest BCUT2D eigenvalue weighted by molar-refractivity contribution is -0.126. The van der Waals surface area contributed by atoms with Crippen LogP contribution in [0, 0.1) is 0 Å². The standard InChI is InChI=1S/C20H33NO4.C2H4O2/c1-3-22-12-7-13-23-11-5-4-6-14-24-17-8-9-20-18(16-17)19(21-2)10-15-25-20;1-4-2-3/h8-9,16,19,21H,3-7,10-15H2,1-2H3;2H,1H3. The minimum atomic E-state index is 0.354. The van der Waals surface area contributed by atoms with E-state index in [4.69, 9.17) is 23.7 Å². The van der Waals surface area contributed by atoms with Gasteiger partial charge in [0.05, 0.1) is 20.3 Å². The number of fused-ring (bicyclic) bond motifs is 1. The minimum absolute atomic E-state index is 0.354. The monoisotopic (exact) mass is 411 g/mol. The fourth-order valence-corrected chi connectivity index (χ4v) is 2.94. The number of hydrogen-bond donors (Lipinski definition) is 1. The molecule has 0 aliphatic carbocycles. The Kier molecular flexibility index (Phi) is 14.8. The molecular weight excluding hydrogens is 374 g/mol. The van der Waals surface area contributed by atoms with Crippen molar-refractivity contribution in [3.63, 3.8) is 0 Å². The van der Waals surface area contributed by atoms with Gasteiger partial charge in [0.2, 0.25) is 0 Å². The van der Waals surface area contributed by atoms with Gasteiger partial charge < -0.3 is 29.0 Å². The topological polar surface area (TPSA) is 75.2 Å². The maximum atomic E-state index is 8.95. The summed E-state index contributed by atoms with van der Waals surface area (Å²) >= 11 is 0. The van der Waals surface area contributed by atoms with Gasteiger partial charge in [-0.15, -0.1) is 0 Å². The summed E-state index contributed by atoms with van der Waals surface area (Å²) in [6, 6.07) is 6.48. The summed E-state index contributed by atoms with van der Waals surface area (Å²) in [5.74, 6) is 1.90. The molecule has 1 unspecified atom stereocenters. The predicted octanol–water partition coefficient (Wildman–Crippen LogP) is 3.51. The van der Waals surface area contributed by atoms with Gasteiger partial charge >= 0.3 is 0 Å². The summed E-state index contributed by atoms with van der Waals surface area (Å²) < 4.78 is 26.3. The number of methoxy groups -OCH3 is 1. The van der Waals surface area contributed by atoms with E-state index in [0.717, 1.165) is 83.2 Å². The third kappa shape index (κ3) is 11.1. The number of carbonyl (C=O) groups excluding carboxylic acids is 1. The highest BCUT2D eigenvalue weighted by molar-refractivity contribution is 5.43. The molecule has 1 aromatic carbocycles. The number of rotatable bonds is 14. The van der Waals surface area contributed by atoms with Gasteiger partial charge in [-0.3, -0.25) is 4.79 Å². The molecule has 0 fully saturated rings. The van der Waals surface area contributed by atoms with Gasteiger partial charge in [-0.05, 0) is 57.9 Å². The summed E-state index contributed by atoms with van der Waals surface area (Å²) in [7, 11) is 3.30. The Morgan fingerprint density at radius 3 is 2.55 bits per heavy atom. The molecule has 1 aromatic rings. The first-order valence-electron chi connectivity index (χ1n) is 10.5. The van der Waals surface area contributed by atoms with Crippen LogP contribution in [0.25, 0.3) is 0 Å². The Morgan fingerprint density at radius 2 is 1.83 bits per heavy atom. The van der Waals surface area contributed by atoms with Crippen molar-refractivity contribution in [2.45, 2.75) is 45.1 Å². The molecule has 7 nitrogen and oxygen atoms in total. The third-order valence-electron chi connectivity index (χ3n) is 4.45. The molecule has 0 spiro atoms. The van der Waals surface area contributed by atoms with Crippen molar-refractivity contribution < 1.29 is 28.5 Å². The largest absolute Gasteiger partial charge is 0.494 e. The Balaban J connectivity index is 0.000000960. The smallest absolute Gasteiger partial charge is 0.292 e. The Labute approximate surface area is 175 Å². The first kappa shape index (κ1) is 25.2. The van der Waals surface area contributed by atoms with Crippen molar-refractivity contribution in [2.24, 2.45) is 0 Å². The number of benzene rings is 1. The predicted molar refractivity (Wildman–Crippen MR) is 113 cm³/mol. The van der Waals surface area contributed by atoms with Gasteiger partial charge in [0, 0.05) is 44.5 Å². The molecule has 0 saturated carbocycles. The van der Waals surface area contributed by atoms with E-state index in [1.54, 1.807) is 0 Å². The zero-order chi connectivity index (χ0) is 21.2. The third-order valence-corrected chi connectivity index (χ3v) is 4.45. The van der Waals surface area contributed by atoms with Gasteiger partial charge in [-0.2, -0.15) is 0 Å². The molecule has 7 heteroatoms. The zero-order valence-electron chi connectivity index (χ0n) is 18.1. The molecule has 0 radical (unpaired) electrons. The molecule has 0 bridgehead atoms. The van der Waals surface area contributed by atoms with Gasteiger partial charge in [-0.1, -0.05) is 0 Å². The Hall–Kier alpha value is -1.83. The van der Waals surface area contributed by atoms with E-state index in [0.29, 0.717) is 12.5 Å². The summed E-state index contributed by atoms with van der Waals surface area (Å²) in [4.78, 5) is 8.95. The molecule has 1 heterocycles. The highest BCUT2D eigenvalue weighted by Gasteiger charge is 2.20. The quantitative estimate of drug-likeness (QED) is 0.371. The van der Waals surface area contributed by atoms with Crippen LogP contribution < -0.4 is 14.8 Å². The average molecular weight is 412 g/mol. The van der Waals surface area contributed by atoms with Crippen LogP contribution in [-0.4, -0.2) is 60.3 Å². The van der Waals surface area contributed by atoms with Crippen molar-refractivity contribution in [1.29, 1.82) is 0 Å². The Morgan fingerprint density at radius 1 is 1.10 bits per heavy atom. The minimum Gasteiger partial charge on any atom is -0.494 e. The zero-order valence-corrected chi connectivity index (χ0v) is 18.1. The lowest BCUT2D eigenvalue weighted by Gasteiger charge is -2.26. The van der Waals surface area contributed by atoms with Gasteiger partial charge in [0.15, 0.2) is 0 Å². The number of unbranched alkanes of at least 4 members (excludes halogenated alkanes) is 2. The molecule has 166 valence electrons. The lowest BCUT2D eigenvalue weighted by Crippen LogP contribution is -2.24. The van der Waals surface area contributed by atoms with Crippen LogP contribution >= 0.6 is 0 Å². The summed E-state index contributed by atoms with van der Waals surface area (Å²) in [5.41, 5.74) is 1.20. The van der Waals surface area contributed by atoms with Gasteiger partial charge in [0.1, 0.15) is 11.5 Å². The van der Waals surface area contributed by atoms with Gasteiger partial charge in [0.25, 0.3) is 6.47 Å². The molecule has 29 heavy (non-hydrogen) atoms. The highest BCUT2D eigenvalue weighted by atomic mass is 16.5. The maximum absolute atomic E-state index is 8.95. The number of hydrogen-bond acceptors (Lipinski definition) is 7. The van der Waals surface area contributed by atoms with Crippen LogP contribution in [-0.2, 0) is 19.0 Å². The highest BCUT2D eigenvalue weighted by Crippen LogP contribution is 2.34. The second-order valence-electron chi connectivity index (χ2n) is 6.58. The summed E-state index contributed by atoms with van der Waals surface area (Å²) in [6.07, 6.45) is 5.23. The van der Waals surface area contributed by atoms with Crippen LogP contribution in [0.4, 0.5) is 0 Å². The second-order valence-corrected chi connectivity index (χ2v) is 6.58. The van der Waals surface area contributed by atoms with Crippen LogP contribution in [0.15, 0.2) is 18.2 Å². The van der Waals surface area contributed by atoms with Crippen LogP contribution in [0.2, 0.25) is 0 Å². The first-order valence-corrected chi connectivity index (χ1v) is 10.5. The number of nitrogens with one attached hydrogen (secondary N) is 1. The fourth-order valence-electron chi connectivity index (χ4n) is 2.94. The van der Waals surface area contributed by atoms with Gasteiger partial charge in [-0.25, -0.2) is 0 Å². The van der Waals surface area contributed by atoms with E-state index < -0.39 is 0 Å². The molecule has 0 saturated heterocycles. The van der Waals surface area contributed by atoms with Crippen LogP contribution in [0.1, 0.15) is 50.6 Å². The molecule has 0 aromatic heterocycles. The van der Waals surface area contributed by atoms with E-state index in [1.807, 2.05) is 26.1 Å². The van der Waals surface area contributed by atoms with Crippen molar-refractivity contribution in [3.8, 4) is 11.5 Å². The van der Waals surface area contributed by atoms with Crippen molar-refractivity contribution in [1.82, 2.24) is 5.32 Å². The van der Waals surface area contributed by atoms with E-state index in [1.165, 1.54) is 12.7 Å². The molecule has 1 aliphatic heterocycles. The first-order chi connectivity index (χ1) is 14.3. The molecule has 2 rings (SSSR count). The normalized spacial score (nSPS) is 14.8. The van der Waals surface area contributed by atoms with Crippen molar-refractivity contribution in [3.05, 3.63) is 23.8 Å². The van der Waals surface area contributed by atoms with Crippen LogP contribution in [0.3, 0.4) is 0 Å².